The number of rotatable bonds is 2. The fraction of sp³-hybridized carbons (Fsp3) is 0.250. The van der Waals surface area contributed by atoms with Crippen molar-refractivity contribution in [3.8, 4) is 11.4 Å². The molecular formula is C16H16N4O. The Labute approximate surface area is 122 Å². The average Bonchev–Trinajstić information content (AvgIpc) is 3.09. The van der Waals surface area contributed by atoms with Gasteiger partial charge in [-0.15, -0.1) is 0 Å². The first-order valence-electron chi connectivity index (χ1n) is 7.06. The molecule has 0 saturated carbocycles. The van der Waals surface area contributed by atoms with Crippen molar-refractivity contribution in [3.63, 3.8) is 0 Å². The molecule has 1 aliphatic rings. The zero-order valence-electron chi connectivity index (χ0n) is 11.8. The Morgan fingerprint density at radius 2 is 1.95 bits per heavy atom. The Morgan fingerprint density at radius 3 is 2.71 bits per heavy atom. The third-order valence-electron chi connectivity index (χ3n) is 4.15. The highest BCUT2D eigenvalue weighted by Crippen LogP contribution is 2.36. The van der Waals surface area contributed by atoms with E-state index in [1.165, 1.54) is 17.7 Å². The lowest BCUT2D eigenvalue weighted by Gasteiger charge is -2.11. The van der Waals surface area contributed by atoms with E-state index in [1.807, 2.05) is 24.3 Å². The maximum Gasteiger partial charge on any atom is 0.151 e. The summed E-state index contributed by atoms with van der Waals surface area (Å²) in [5.74, 6) is 1.38. The number of anilines is 1. The highest BCUT2D eigenvalue weighted by Gasteiger charge is 2.24. The quantitative estimate of drug-likeness (QED) is 0.783. The first kappa shape index (κ1) is 12.2. The predicted molar refractivity (Wildman–Crippen MR) is 81.9 cm³/mol. The summed E-state index contributed by atoms with van der Waals surface area (Å²) in [6, 6.07) is 8.01. The second kappa shape index (κ2) is 4.48. The molecule has 0 radical (unpaired) electrons. The molecule has 21 heavy (non-hydrogen) atoms. The van der Waals surface area contributed by atoms with Gasteiger partial charge in [0.05, 0.1) is 12.6 Å². The van der Waals surface area contributed by atoms with Crippen LogP contribution in [0.5, 0.6) is 5.75 Å². The lowest BCUT2D eigenvalue weighted by molar-refractivity contribution is 0.415. The number of nitrogen functional groups attached to an aromatic ring is 1. The number of fused-ring (bicyclic) bond motifs is 3. The summed E-state index contributed by atoms with van der Waals surface area (Å²) in [5.41, 5.74) is 11.7. The molecule has 0 bridgehead atoms. The number of aryl methyl sites for hydroxylation is 1. The first-order valence-corrected chi connectivity index (χ1v) is 7.06. The van der Waals surface area contributed by atoms with Gasteiger partial charge in [-0.25, -0.2) is 9.97 Å². The molecule has 2 aromatic heterocycles. The Hall–Kier alpha value is -2.56. The predicted octanol–water partition coefficient (Wildman–Crippen LogP) is 2.50. The van der Waals surface area contributed by atoms with Crippen LogP contribution in [0.1, 0.15) is 17.7 Å². The van der Waals surface area contributed by atoms with Gasteiger partial charge in [-0.3, -0.25) is 0 Å². The average molecular weight is 280 g/mol. The molecule has 0 aliphatic heterocycles. The number of nitrogens with zero attached hydrogens (tertiary/aromatic N) is 3. The lowest BCUT2D eigenvalue weighted by Crippen LogP contribution is -2.02. The summed E-state index contributed by atoms with van der Waals surface area (Å²) in [6.07, 6.45) is 4.83. The monoisotopic (exact) mass is 280 g/mol. The molecule has 0 atom stereocenters. The molecule has 0 spiro atoms. The van der Waals surface area contributed by atoms with Gasteiger partial charge in [-0.05, 0) is 49.1 Å². The van der Waals surface area contributed by atoms with E-state index in [1.54, 1.807) is 13.4 Å². The van der Waals surface area contributed by atoms with E-state index in [4.69, 9.17) is 10.5 Å². The summed E-state index contributed by atoms with van der Waals surface area (Å²) in [5, 5.41) is 0. The second-order valence-corrected chi connectivity index (χ2v) is 5.27. The normalized spacial score (nSPS) is 13.6. The van der Waals surface area contributed by atoms with Crippen LogP contribution in [-0.2, 0) is 12.8 Å². The van der Waals surface area contributed by atoms with Crippen molar-refractivity contribution in [2.24, 2.45) is 0 Å². The van der Waals surface area contributed by atoms with Crippen LogP contribution < -0.4 is 10.5 Å². The Balaban J connectivity index is 2.03. The van der Waals surface area contributed by atoms with Gasteiger partial charge in [0.2, 0.25) is 0 Å². The third-order valence-corrected chi connectivity index (χ3v) is 4.15. The molecule has 0 fully saturated rings. The molecule has 0 amide bonds. The van der Waals surface area contributed by atoms with E-state index < -0.39 is 0 Å². The molecule has 4 rings (SSSR count). The van der Waals surface area contributed by atoms with Gasteiger partial charge in [0, 0.05) is 11.4 Å². The summed E-state index contributed by atoms with van der Waals surface area (Å²) < 4.78 is 7.43. The van der Waals surface area contributed by atoms with Crippen molar-refractivity contribution in [2.75, 3.05) is 12.8 Å². The van der Waals surface area contributed by atoms with E-state index in [0.29, 0.717) is 5.82 Å². The van der Waals surface area contributed by atoms with Crippen LogP contribution in [0.15, 0.2) is 30.6 Å². The van der Waals surface area contributed by atoms with Crippen molar-refractivity contribution in [3.05, 3.63) is 41.9 Å². The van der Waals surface area contributed by atoms with Gasteiger partial charge in [0.25, 0.3) is 0 Å². The molecule has 1 aliphatic carbocycles. The van der Waals surface area contributed by atoms with Gasteiger partial charge in [-0.2, -0.15) is 0 Å². The van der Waals surface area contributed by atoms with Gasteiger partial charge >= 0.3 is 0 Å². The SMILES string of the molecule is COc1ccc(-n2c3c(c4ncnc(N)c42)CCC3)cc1. The molecular weight excluding hydrogens is 264 g/mol. The van der Waals surface area contributed by atoms with E-state index in [-0.39, 0.29) is 0 Å². The molecule has 1 aromatic carbocycles. The fourth-order valence-electron chi connectivity index (χ4n) is 3.21. The van der Waals surface area contributed by atoms with E-state index in [9.17, 15) is 0 Å². The fourth-order valence-corrected chi connectivity index (χ4v) is 3.21. The standard InChI is InChI=1S/C16H16N4O/c1-21-11-7-5-10(6-8-11)20-13-4-2-3-12(13)14-15(20)16(17)19-9-18-14/h5-9H,2-4H2,1H3,(H2,17,18,19). The minimum atomic E-state index is 0.533. The number of methoxy groups -OCH3 is 1. The highest BCUT2D eigenvalue weighted by atomic mass is 16.5. The molecule has 2 heterocycles. The third kappa shape index (κ3) is 1.70. The minimum Gasteiger partial charge on any atom is -0.497 e. The first-order chi connectivity index (χ1) is 10.3. The van der Waals surface area contributed by atoms with Crippen molar-refractivity contribution in [1.82, 2.24) is 14.5 Å². The lowest BCUT2D eigenvalue weighted by atomic mass is 10.2. The van der Waals surface area contributed by atoms with Crippen LogP contribution in [-0.4, -0.2) is 21.6 Å². The summed E-state index contributed by atoms with van der Waals surface area (Å²) in [6.45, 7) is 0. The maximum atomic E-state index is 6.11. The number of benzene rings is 1. The second-order valence-electron chi connectivity index (χ2n) is 5.27. The zero-order chi connectivity index (χ0) is 14.4. The number of hydrogen-bond donors (Lipinski definition) is 1. The van der Waals surface area contributed by atoms with E-state index in [0.717, 1.165) is 35.3 Å². The molecule has 5 heteroatoms. The number of ether oxygens (including phenoxy) is 1. The van der Waals surface area contributed by atoms with Crippen LogP contribution in [0.4, 0.5) is 5.82 Å². The minimum absolute atomic E-state index is 0.533. The van der Waals surface area contributed by atoms with E-state index in [2.05, 4.69) is 14.5 Å². The Morgan fingerprint density at radius 1 is 1.14 bits per heavy atom. The number of hydrogen-bond acceptors (Lipinski definition) is 4. The van der Waals surface area contributed by atoms with Crippen LogP contribution in [0.25, 0.3) is 16.7 Å². The zero-order valence-corrected chi connectivity index (χ0v) is 11.8. The molecule has 106 valence electrons. The maximum absolute atomic E-state index is 6.11. The van der Waals surface area contributed by atoms with Gasteiger partial charge in [0.15, 0.2) is 5.82 Å². The Bertz CT molecular complexity index is 820. The molecule has 0 saturated heterocycles. The van der Waals surface area contributed by atoms with Crippen molar-refractivity contribution in [1.29, 1.82) is 0 Å². The highest BCUT2D eigenvalue weighted by molar-refractivity contribution is 5.91. The van der Waals surface area contributed by atoms with E-state index >= 15 is 0 Å². The van der Waals surface area contributed by atoms with Crippen LogP contribution in [0.3, 0.4) is 0 Å². The largest absolute Gasteiger partial charge is 0.497 e. The molecule has 0 unspecified atom stereocenters. The van der Waals surface area contributed by atoms with Gasteiger partial charge in [0.1, 0.15) is 17.6 Å². The van der Waals surface area contributed by atoms with Crippen LogP contribution >= 0.6 is 0 Å². The summed E-state index contributed by atoms with van der Waals surface area (Å²) >= 11 is 0. The summed E-state index contributed by atoms with van der Waals surface area (Å²) in [4.78, 5) is 8.62. The van der Waals surface area contributed by atoms with Crippen molar-refractivity contribution < 1.29 is 4.74 Å². The Kier molecular flexibility index (Phi) is 2.60. The van der Waals surface area contributed by atoms with Crippen molar-refractivity contribution >= 4 is 16.9 Å². The summed E-state index contributed by atoms with van der Waals surface area (Å²) in [7, 11) is 1.67. The number of nitrogens with two attached hydrogens (primary N) is 1. The molecule has 3 aromatic rings. The van der Waals surface area contributed by atoms with Crippen molar-refractivity contribution in [2.45, 2.75) is 19.3 Å². The van der Waals surface area contributed by atoms with Gasteiger partial charge in [-0.1, -0.05) is 0 Å². The smallest absolute Gasteiger partial charge is 0.151 e. The molecule has 5 nitrogen and oxygen atoms in total. The molecule has 2 N–H and O–H groups in total. The topological polar surface area (TPSA) is 66.0 Å². The van der Waals surface area contributed by atoms with Crippen LogP contribution in [0, 0.1) is 0 Å². The van der Waals surface area contributed by atoms with Crippen LogP contribution in [0.2, 0.25) is 0 Å². The van der Waals surface area contributed by atoms with Gasteiger partial charge < -0.3 is 15.0 Å². The number of aromatic nitrogens is 3.